The second-order valence-corrected chi connectivity index (χ2v) is 4.33. The Hall–Kier alpha value is -1.42. The van der Waals surface area contributed by atoms with Crippen molar-refractivity contribution in [1.29, 1.82) is 0 Å². The van der Waals surface area contributed by atoms with Crippen LogP contribution in [0.5, 0.6) is 0 Å². The Balaban J connectivity index is 1.97. The van der Waals surface area contributed by atoms with Gasteiger partial charge in [0.25, 0.3) is 0 Å². The second-order valence-electron chi connectivity index (χ2n) is 4.33. The van der Waals surface area contributed by atoms with Gasteiger partial charge in [-0.15, -0.1) is 0 Å². The van der Waals surface area contributed by atoms with E-state index in [2.05, 4.69) is 15.3 Å². The van der Waals surface area contributed by atoms with Crippen molar-refractivity contribution in [1.82, 2.24) is 15.3 Å². The molecule has 1 aromatic carbocycles. The molecular formula is C12H14FN3. The predicted octanol–water partition coefficient (Wildman–Crippen LogP) is 2.17. The van der Waals surface area contributed by atoms with Gasteiger partial charge in [-0.2, -0.15) is 0 Å². The lowest BCUT2D eigenvalue weighted by molar-refractivity contribution is 0.449. The molecule has 16 heavy (non-hydrogen) atoms. The lowest BCUT2D eigenvalue weighted by Crippen LogP contribution is -2.28. The minimum Gasteiger partial charge on any atom is -0.342 e. The van der Waals surface area contributed by atoms with Gasteiger partial charge >= 0.3 is 0 Å². The number of nitrogens with zero attached hydrogens (tertiary/aromatic N) is 1. The van der Waals surface area contributed by atoms with E-state index in [0.29, 0.717) is 5.92 Å². The Morgan fingerprint density at radius 2 is 2.31 bits per heavy atom. The van der Waals surface area contributed by atoms with Crippen molar-refractivity contribution in [2.45, 2.75) is 18.8 Å². The van der Waals surface area contributed by atoms with Crippen molar-refractivity contribution < 1.29 is 4.39 Å². The molecule has 3 nitrogen and oxygen atoms in total. The summed E-state index contributed by atoms with van der Waals surface area (Å²) in [7, 11) is 0. The number of rotatable bonds is 1. The highest BCUT2D eigenvalue weighted by molar-refractivity contribution is 5.75. The van der Waals surface area contributed by atoms with Gasteiger partial charge in [0.2, 0.25) is 0 Å². The molecule has 1 aliphatic heterocycles. The molecule has 1 saturated heterocycles. The van der Waals surface area contributed by atoms with E-state index in [1.54, 1.807) is 6.07 Å². The number of aromatic nitrogens is 2. The van der Waals surface area contributed by atoms with Gasteiger partial charge in [0, 0.05) is 12.5 Å². The summed E-state index contributed by atoms with van der Waals surface area (Å²) in [5, 5.41) is 3.35. The summed E-state index contributed by atoms with van der Waals surface area (Å²) in [5.41, 5.74) is 1.64. The molecule has 4 heteroatoms. The number of nitrogens with one attached hydrogen (secondary N) is 2. The molecule has 0 bridgehead atoms. The van der Waals surface area contributed by atoms with Gasteiger partial charge < -0.3 is 10.3 Å². The van der Waals surface area contributed by atoms with E-state index in [1.165, 1.54) is 18.6 Å². The number of halogens is 1. The summed E-state index contributed by atoms with van der Waals surface area (Å²) < 4.78 is 13.0. The summed E-state index contributed by atoms with van der Waals surface area (Å²) in [6.07, 6.45) is 2.32. The highest BCUT2D eigenvalue weighted by Gasteiger charge is 2.18. The van der Waals surface area contributed by atoms with Crippen LogP contribution in [0, 0.1) is 5.82 Å². The minimum atomic E-state index is -0.218. The molecule has 0 saturated carbocycles. The first-order valence-electron chi connectivity index (χ1n) is 5.69. The maximum atomic E-state index is 13.0. The molecule has 0 aliphatic carbocycles. The van der Waals surface area contributed by atoms with Crippen LogP contribution in [0.2, 0.25) is 0 Å². The third-order valence-corrected chi connectivity index (χ3v) is 3.15. The summed E-state index contributed by atoms with van der Waals surface area (Å²) in [4.78, 5) is 7.73. The van der Waals surface area contributed by atoms with Gasteiger partial charge in [0.1, 0.15) is 11.6 Å². The van der Waals surface area contributed by atoms with Gasteiger partial charge in [0.15, 0.2) is 0 Å². The molecule has 1 atom stereocenters. The number of imidazole rings is 1. The smallest absolute Gasteiger partial charge is 0.125 e. The molecular weight excluding hydrogens is 205 g/mol. The molecule has 0 amide bonds. The van der Waals surface area contributed by atoms with Crippen LogP contribution in [0.15, 0.2) is 18.2 Å². The Labute approximate surface area is 93.1 Å². The van der Waals surface area contributed by atoms with Crippen LogP contribution in [0.25, 0.3) is 11.0 Å². The topological polar surface area (TPSA) is 40.7 Å². The third-order valence-electron chi connectivity index (χ3n) is 3.15. The van der Waals surface area contributed by atoms with Crippen LogP contribution < -0.4 is 5.32 Å². The maximum absolute atomic E-state index is 13.0. The number of benzene rings is 1. The first-order valence-corrected chi connectivity index (χ1v) is 5.69. The van der Waals surface area contributed by atoms with E-state index in [4.69, 9.17) is 0 Å². The molecule has 0 spiro atoms. The average molecular weight is 219 g/mol. The number of hydrogen-bond donors (Lipinski definition) is 2. The third kappa shape index (κ3) is 1.69. The molecule has 1 unspecified atom stereocenters. The minimum absolute atomic E-state index is 0.218. The largest absolute Gasteiger partial charge is 0.342 e. The van der Waals surface area contributed by atoms with Gasteiger partial charge in [0.05, 0.1) is 11.0 Å². The van der Waals surface area contributed by atoms with Crippen LogP contribution in [0.3, 0.4) is 0 Å². The Morgan fingerprint density at radius 1 is 1.38 bits per heavy atom. The molecule has 2 heterocycles. The number of hydrogen-bond acceptors (Lipinski definition) is 2. The van der Waals surface area contributed by atoms with Gasteiger partial charge in [-0.3, -0.25) is 0 Å². The Morgan fingerprint density at radius 3 is 3.12 bits per heavy atom. The van der Waals surface area contributed by atoms with Gasteiger partial charge in [-0.05, 0) is 37.6 Å². The fourth-order valence-electron chi connectivity index (χ4n) is 2.28. The molecule has 0 radical (unpaired) electrons. The van der Waals surface area contributed by atoms with E-state index in [9.17, 15) is 4.39 Å². The first kappa shape index (κ1) is 9.78. The fourth-order valence-corrected chi connectivity index (χ4v) is 2.28. The molecule has 1 fully saturated rings. The monoisotopic (exact) mass is 219 g/mol. The highest BCUT2D eigenvalue weighted by atomic mass is 19.1. The standard InChI is InChI=1S/C12H14FN3/c13-9-3-4-10-11(6-9)16-12(15-10)8-2-1-5-14-7-8/h3-4,6,8,14H,1-2,5,7H2,(H,15,16). The number of H-pyrrole nitrogens is 1. The van der Waals surface area contributed by atoms with E-state index >= 15 is 0 Å². The maximum Gasteiger partial charge on any atom is 0.125 e. The van der Waals surface area contributed by atoms with Crippen molar-refractivity contribution in [2.24, 2.45) is 0 Å². The summed E-state index contributed by atoms with van der Waals surface area (Å²) in [6.45, 7) is 2.05. The Bertz CT molecular complexity index is 500. The first-order chi connectivity index (χ1) is 7.83. The van der Waals surface area contributed by atoms with Crippen LogP contribution in [0.1, 0.15) is 24.6 Å². The van der Waals surface area contributed by atoms with Crippen molar-refractivity contribution in [2.75, 3.05) is 13.1 Å². The van der Waals surface area contributed by atoms with Crippen molar-refractivity contribution in [3.05, 3.63) is 29.8 Å². The predicted molar refractivity (Wildman–Crippen MR) is 60.9 cm³/mol. The van der Waals surface area contributed by atoms with E-state index in [-0.39, 0.29) is 5.82 Å². The van der Waals surface area contributed by atoms with E-state index in [1.807, 2.05) is 0 Å². The van der Waals surface area contributed by atoms with E-state index in [0.717, 1.165) is 36.4 Å². The molecule has 84 valence electrons. The number of fused-ring (bicyclic) bond motifs is 1. The molecule has 3 rings (SSSR count). The normalized spacial score (nSPS) is 21.4. The Kier molecular flexibility index (Phi) is 2.36. The zero-order valence-corrected chi connectivity index (χ0v) is 8.96. The zero-order valence-electron chi connectivity index (χ0n) is 8.96. The summed E-state index contributed by atoms with van der Waals surface area (Å²) >= 11 is 0. The van der Waals surface area contributed by atoms with Crippen molar-refractivity contribution >= 4 is 11.0 Å². The van der Waals surface area contributed by atoms with E-state index < -0.39 is 0 Å². The molecule has 2 aromatic rings. The van der Waals surface area contributed by atoms with Crippen LogP contribution >= 0.6 is 0 Å². The average Bonchev–Trinajstić information content (AvgIpc) is 2.73. The zero-order chi connectivity index (χ0) is 11.0. The number of aromatic amines is 1. The fraction of sp³-hybridized carbons (Fsp3) is 0.417. The van der Waals surface area contributed by atoms with Gasteiger partial charge in [-0.1, -0.05) is 0 Å². The van der Waals surface area contributed by atoms with Crippen molar-refractivity contribution in [3.8, 4) is 0 Å². The van der Waals surface area contributed by atoms with Crippen LogP contribution in [-0.4, -0.2) is 23.1 Å². The molecule has 2 N–H and O–H groups in total. The highest BCUT2D eigenvalue weighted by Crippen LogP contribution is 2.23. The second kappa shape index (κ2) is 3.87. The summed E-state index contributed by atoms with van der Waals surface area (Å²) in [5.74, 6) is 1.20. The number of piperidine rings is 1. The van der Waals surface area contributed by atoms with Crippen LogP contribution in [0.4, 0.5) is 4.39 Å². The van der Waals surface area contributed by atoms with Gasteiger partial charge in [-0.25, -0.2) is 9.37 Å². The quantitative estimate of drug-likeness (QED) is 0.771. The molecule has 1 aliphatic rings. The summed E-state index contributed by atoms with van der Waals surface area (Å²) in [6, 6.07) is 4.68. The van der Waals surface area contributed by atoms with Crippen molar-refractivity contribution in [3.63, 3.8) is 0 Å². The molecule has 1 aromatic heterocycles. The lowest BCUT2D eigenvalue weighted by Gasteiger charge is -2.20. The lowest BCUT2D eigenvalue weighted by atomic mass is 9.99. The SMILES string of the molecule is Fc1ccc2nc(C3CCCNC3)[nH]c2c1. The van der Waals surface area contributed by atoms with Crippen LogP contribution in [-0.2, 0) is 0 Å².